The lowest BCUT2D eigenvalue weighted by Gasteiger charge is -2.17. The highest BCUT2D eigenvalue weighted by Gasteiger charge is 2.38. The quantitative estimate of drug-likeness (QED) is 0.839. The predicted octanol–water partition coefficient (Wildman–Crippen LogP) is 2.41. The second-order valence-corrected chi connectivity index (χ2v) is 8.24. The van der Waals surface area contributed by atoms with Crippen molar-refractivity contribution in [1.82, 2.24) is 4.72 Å². The van der Waals surface area contributed by atoms with Gasteiger partial charge in [-0.25, -0.2) is 22.3 Å². The van der Waals surface area contributed by atoms with Gasteiger partial charge in [0.15, 0.2) is 0 Å². The molecule has 1 aromatic heterocycles. The van der Waals surface area contributed by atoms with Crippen molar-refractivity contribution in [3.63, 3.8) is 0 Å². The molecule has 0 unspecified atom stereocenters. The van der Waals surface area contributed by atoms with Gasteiger partial charge in [0.2, 0.25) is 0 Å². The number of ether oxygens (including phenoxy) is 1. The Morgan fingerprint density at radius 2 is 2.00 bits per heavy atom. The summed E-state index contributed by atoms with van der Waals surface area (Å²) in [6.07, 6.45) is 0. The fourth-order valence-corrected chi connectivity index (χ4v) is 4.12. The molecule has 0 atom stereocenters. The van der Waals surface area contributed by atoms with E-state index in [1.807, 2.05) is 0 Å². The fraction of sp³-hybridized carbons (Fsp3) is 0.200. The van der Waals surface area contributed by atoms with Crippen molar-refractivity contribution in [1.29, 1.82) is 0 Å². The highest BCUT2D eigenvalue weighted by molar-refractivity contribution is 7.90. The Morgan fingerprint density at radius 1 is 1.29 bits per heavy atom. The number of nitrogens with one attached hydrogen (secondary N) is 1. The van der Waals surface area contributed by atoms with E-state index in [0.29, 0.717) is 5.56 Å². The SMILES string of the molecule is CC1(C)OC(=O)c2cc(S(=O)(=O)NC(=O)c3sccc3F)ccc21. The molecule has 0 saturated heterocycles. The molecule has 24 heavy (non-hydrogen) atoms. The molecule has 1 aliphatic rings. The summed E-state index contributed by atoms with van der Waals surface area (Å²) in [6, 6.07) is 4.94. The molecule has 2 aromatic rings. The third-order valence-corrected chi connectivity index (χ3v) is 5.79. The summed E-state index contributed by atoms with van der Waals surface area (Å²) in [5, 5.41) is 1.34. The van der Waals surface area contributed by atoms with Crippen LogP contribution in [-0.2, 0) is 20.4 Å². The van der Waals surface area contributed by atoms with E-state index in [9.17, 15) is 22.4 Å². The number of carbonyl (C=O) groups excluding carboxylic acids is 2. The Balaban J connectivity index is 1.94. The lowest BCUT2D eigenvalue weighted by Crippen LogP contribution is -2.30. The van der Waals surface area contributed by atoms with Crippen molar-refractivity contribution in [2.24, 2.45) is 0 Å². The molecule has 2 heterocycles. The third kappa shape index (κ3) is 2.69. The first-order valence-electron chi connectivity index (χ1n) is 6.80. The Kier molecular flexibility index (Phi) is 3.72. The molecular formula is C15H12FNO5S2. The Bertz CT molecular complexity index is 962. The van der Waals surface area contributed by atoms with Crippen molar-refractivity contribution in [2.75, 3.05) is 0 Å². The third-order valence-electron chi connectivity index (χ3n) is 3.57. The van der Waals surface area contributed by atoms with E-state index in [1.54, 1.807) is 18.6 Å². The Morgan fingerprint density at radius 3 is 2.62 bits per heavy atom. The van der Waals surface area contributed by atoms with E-state index in [-0.39, 0.29) is 15.3 Å². The van der Waals surface area contributed by atoms with Crippen molar-refractivity contribution in [2.45, 2.75) is 24.3 Å². The maximum atomic E-state index is 13.4. The zero-order chi connectivity index (χ0) is 17.7. The van der Waals surface area contributed by atoms with Crippen LogP contribution in [0.3, 0.4) is 0 Å². The van der Waals surface area contributed by atoms with Gasteiger partial charge in [0.05, 0.1) is 10.5 Å². The molecular weight excluding hydrogens is 357 g/mol. The van der Waals surface area contributed by atoms with Crippen LogP contribution >= 0.6 is 11.3 Å². The van der Waals surface area contributed by atoms with Crippen LogP contribution in [-0.4, -0.2) is 20.3 Å². The number of thiophene rings is 1. The normalized spacial score (nSPS) is 15.7. The summed E-state index contributed by atoms with van der Waals surface area (Å²) in [7, 11) is -4.25. The molecule has 3 rings (SSSR count). The molecule has 6 nitrogen and oxygen atoms in total. The minimum atomic E-state index is -4.25. The number of hydrogen-bond acceptors (Lipinski definition) is 6. The highest BCUT2D eigenvalue weighted by atomic mass is 32.2. The van der Waals surface area contributed by atoms with Gasteiger partial charge >= 0.3 is 5.97 Å². The number of rotatable bonds is 3. The summed E-state index contributed by atoms with van der Waals surface area (Å²) in [5.74, 6) is -2.50. The largest absolute Gasteiger partial charge is 0.451 e. The lowest BCUT2D eigenvalue weighted by atomic mass is 9.96. The highest BCUT2D eigenvalue weighted by Crippen LogP contribution is 2.36. The van der Waals surface area contributed by atoms with Crippen molar-refractivity contribution in [3.8, 4) is 0 Å². The van der Waals surface area contributed by atoms with Gasteiger partial charge in [-0.3, -0.25) is 4.79 Å². The van der Waals surface area contributed by atoms with Crippen LogP contribution in [0.15, 0.2) is 34.5 Å². The Hall–Kier alpha value is -2.26. The van der Waals surface area contributed by atoms with Gasteiger partial charge in [-0.15, -0.1) is 11.3 Å². The monoisotopic (exact) mass is 369 g/mol. The number of cyclic esters (lactones) is 1. The number of benzene rings is 1. The van der Waals surface area contributed by atoms with Crippen LogP contribution in [0, 0.1) is 5.82 Å². The molecule has 1 amide bonds. The molecule has 9 heteroatoms. The minimum Gasteiger partial charge on any atom is -0.451 e. The van der Waals surface area contributed by atoms with Gasteiger partial charge in [0.1, 0.15) is 16.3 Å². The summed E-state index contributed by atoms with van der Waals surface area (Å²) < 4.78 is 45.0. The van der Waals surface area contributed by atoms with E-state index in [4.69, 9.17) is 4.74 Å². The maximum Gasteiger partial charge on any atom is 0.339 e. The molecule has 126 valence electrons. The van der Waals surface area contributed by atoms with Crippen LogP contribution < -0.4 is 4.72 Å². The first-order chi connectivity index (χ1) is 11.1. The molecule has 0 fully saturated rings. The lowest BCUT2D eigenvalue weighted by molar-refractivity contribution is 0.00953. The second-order valence-electron chi connectivity index (χ2n) is 5.64. The molecule has 0 saturated carbocycles. The summed E-state index contributed by atoms with van der Waals surface area (Å²) in [4.78, 5) is 23.2. The molecule has 1 N–H and O–H groups in total. The maximum absolute atomic E-state index is 13.4. The van der Waals surface area contributed by atoms with Crippen LogP contribution in [0.2, 0.25) is 0 Å². The average Bonchev–Trinajstić information content (AvgIpc) is 3.00. The van der Waals surface area contributed by atoms with Crippen LogP contribution in [0.5, 0.6) is 0 Å². The zero-order valence-corrected chi connectivity index (χ0v) is 14.3. The molecule has 0 aliphatic carbocycles. The van der Waals surface area contributed by atoms with E-state index in [2.05, 4.69) is 0 Å². The van der Waals surface area contributed by atoms with Crippen LogP contribution in [0.25, 0.3) is 0 Å². The van der Waals surface area contributed by atoms with Crippen molar-refractivity contribution < 1.29 is 27.1 Å². The number of halogens is 1. The van der Waals surface area contributed by atoms with E-state index < -0.39 is 33.3 Å². The average molecular weight is 369 g/mol. The zero-order valence-electron chi connectivity index (χ0n) is 12.6. The second kappa shape index (κ2) is 5.38. The molecule has 0 radical (unpaired) electrons. The standard InChI is InChI=1S/C15H12FNO5S2/c1-15(2)10-4-3-8(7-9(10)14(19)22-15)24(20,21)17-13(18)12-11(16)5-6-23-12/h3-7H,1-2H3,(H,17,18). The van der Waals surface area contributed by atoms with E-state index in [1.165, 1.54) is 17.5 Å². The van der Waals surface area contributed by atoms with Crippen molar-refractivity contribution in [3.05, 3.63) is 51.5 Å². The van der Waals surface area contributed by atoms with Gasteiger partial charge in [0, 0.05) is 5.56 Å². The minimum absolute atomic E-state index is 0.123. The molecule has 1 aliphatic heterocycles. The van der Waals surface area contributed by atoms with E-state index in [0.717, 1.165) is 23.5 Å². The van der Waals surface area contributed by atoms with Gasteiger partial charge in [-0.1, -0.05) is 6.07 Å². The number of sulfonamides is 1. The first kappa shape index (κ1) is 16.6. The predicted molar refractivity (Wildman–Crippen MR) is 83.8 cm³/mol. The smallest absolute Gasteiger partial charge is 0.339 e. The van der Waals surface area contributed by atoms with Gasteiger partial charge in [-0.05, 0) is 37.4 Å². The molecule has 0 bridgehead atoms. The van der Waals surface area contributed by atoms with Crippen LogP contribution in [0.4, 0.5) is 4.39 Å². The first-order valence-corrected chi connectivity index (χ1v) is 9.16. The van der Waals surface area contributed by atoms with Crippen molar-refractivity contribution >= 4 is 33.2 Å². The number of amides is 1. The van der Waals surface area contributed by atoms with Crippen LogP contribution in [0.1, 0.15) is 39.4 Å². The summed E-state index contributed by atoms with van der Waals surface area (Å²) in [6.45, 7) is 3.37. The summed E-state index contributed by atoms with van der Waals surface area (Å²) in [5.41, 5.74) is -0.169. The van der Waals surface area contributed by atoms with Gasteiger partial charge < -0.3 is 4.74 Å². The number of hydrogen-bond donors (Lipinski definition) is 1. The van der Waals surface area contributed by atoms with Gasteiger partial charge in [-0.2, -0.15) is 0 Å². The molecule has 0 spiro atoms. The fourth-order valence-electron chi connectivity index (χ4n) is 2.41. The van der Waals surface area contributed by atoms with E-state index >= 15 is 0 Å². The summed E-state index contributed by atoms with van der Waals surface area (Å²) >= 11 is 0.788. The number of fused-ring (bicyclic) bond motifs is 1. The Labute approximate surface area is 141 Å². The molecule has 1 aromatic carbocycles. The topological polar surface area (TPSA) is 89.5 Å². The number of carbonyl (C=O) groups is 2. The van der Waals surface area contributed by atoms with Gasteiger partial charge in [0.25, 0.3) is 15.9 Å². The number of esters is 1.